The van der Waals surface area contributed by atoms with Crippen molar-refractivity contribution in [3.05, 3.63) is 60.7 Å². The highest BCUT2D eigenvalue weighted by Gasteiger charge is 2.48. The molecule has 2 aromatic carbocycles. The molecule has 0 bridgehead atoms. The van der Waals surface area contributed by atoms with Gasteiger partial charge >= 0.3 is 0 Å². The highest BCUT2D eigenvalue weighted by atomic mass is 32.2. The Morgan fingerprint density at radius 3 is 2.52 bits per heavy atom. The number of quaternary nitrogens is 1. The maximum atomic E-state index is 6.76. The van der Waals surface area contributed by atoms with Gasteiger partial charge in [0.05, 0.1) is 11.4 Å². The number of hydrogen-bond donors (Lipinski definition) is 1. The van der Waals surface area contributed by atoms with Crippen LogP contribution in [0.3, 0.4) is 0 Å². The van der Waals surface area contributed by atoms with Gasteiger partial charge in [0.25, 0.3) is 0 Å². The molecule has 132 valence electrons. The van der Waals surface area contributed by atoms with E-state index in [1.807, 2.05) is 6.08 Å². The lowest BCUT2D eigenvalue weighted by Crippen LogP contribution is -2.53. The molecule has 2 unspecified atom stereocenters. The van der Waals surface area contributed by atoms with Gasteiger partial charge in [-0.2, -0.15) is 0 Å². The Morgan fingerprint density at radius 2 is 1.80 bits per heavy atom. The van der Waals surface area contributed by atoms with E-state index in [-0.39, 0.29) is 5.50 Å². The molecule has 25 heavy (non-hydrogen) atoms. The number of rotatable bonds is 8. The lowest BCUT2D eigenvalue weighted by atomic mass is 10.1. The Bertz CT molecular complexity index is 713. The molecule has 2 aromatic rings. The Morgan fingerprint density at radius 1 is 1.04 bits per heavy atom. The smallest absolute Gasteiger partial charge is 0.202 e. The monoisotopic (exact) mass is 353 g/mol. The molecule has 0 amide bonds. The van der Waals surface area contributed by atoms with Gasteiger partial charge < -0.3 is 0 Å². The van der Waals surface area contributed by atoms with Gasteiger partial charge in [0.15, 0.2) is 5.69 Å². The second kappa shape index (κ2) is 8.22. The third-order valence-corrected chi connectivity index (χ3v) is 6.35. The minimum atomic E-state index is -0.00956. The van der Waals surface area contributed by atoms with E-state index in [2.05, 4.69) is 62.0 Å². The van der Waals surface area contributed by atoms with Crippen LogP contribution in [-0.4, -0.2) is 12.0 Å². The maximum absolute atomic E-state index is 6.76. The third kappa shape index (κ3) is 3.41. The summed E-state index contributed by atoms with van der Waals surface area (Å²) in [6.45, 7) is 7.36. The first kappa shape index (κ1) is 18.2. The quantitative estimate of drug-likeness (QED) is 0.446. The molecule has 0 saturated heterocycles. The van der Waals surface area contributed by atoms with Gasteiger partial charge in [-0.05, 0) is 48.9 Å². The van der Waals surface area contributed by atoms with E-state index in [9.17, 15) is 0 Å². The van der Waals surface area contributed by atoms with Gasteiger partial charge in [0.1, 0.15) is 5.69 Å². The number of thioether (sulfide) groups is 1. The number of benzene rings is 2. The average molecular weight is 354 g/mol. The second-order valence-corrected chi connectivity index (χ2v) is 7.91. The van der Waals surface area contributed by atoms with E-state index in [4.69, 9.17) is 5.73 Å². The maximum Gasteiger partial charge on any atom is 0.202 e. The zero-order chi connectivity index (χ0) is 17.7. The van der Waals surface area contributed by atoms with Crippen LogP contribution in [-0.2, 0) is 0 Å². The van der Waals surface area contributed by atoms with Gasteiger partial charge in [-0.3, -0.25) is 5.73 Å². The molecule has 1 aliphatic heterocycles. The molecular weight excluding hydrogens is 324 g/mol. The summed E-state index contributed by atoms with van der Waals surface area (Å²) in [6, 6.07) is 17.3. The van der Waals surface area contributed by atoms with Crippen LogP contribution in [0.2, 0.25) is 0 Å². The number of nitrogens with two attached hydrogens (primary N) is 1. The molecule has 0 aliphatic carbocycles. The Labute approximate surface area is 156 Å². The summed E-state index contributed by atoms with van der Waals surface area (Å²) in [5.41, 5.74) is 10.6. The van der Waals surface area contributed by atoms with Crippen molar-refractivity contribution >= 4 is 29.2 Å². The highest BCUT2D eigenvalue weighted by molar-refractivity contribution is 8.00. The summed E-state index contributed by atoms with van der Waals surface area (Å²) in [6.07, 6.45) is 8.34. The third-order valence-electron chi connectivity index (χ3n) is 5.16. The zero-order valence-corrected chi connectivity index (χ0v) is 16.0. The molecule has 0 spiro atoms. The van der Waals surface area contributed by atoms with Crippen LogP contribution in [0.1, 0.15) is 44.6 Å². The molecular formula is C22H29N2S+. The van der Waals surface area contributed by atoms with E-state index in [0.717, 1.165) is 11.0 Å². The van der Waals surface area contributed by atoms with Gasteiger partial charge in [-0.1, -0.05) is 63.1 Å². The van der Waals surface area contributed by atoms with Crippen molar-refractivity contribution in [3.63, 3.8) is 0 Å². The highest BCUT2D eigenvalue weighted by Crippen LogP contribution is 2.54. The molecule has 0 aromatic heterocycles. The Kier molecular flexibility index (Phi) is 6.00. The molecule has 2 atom stereocenters. The number of hydrogen-bond acceptors (Lipinski definition) is 2. The summed E-state index contributed by atoms with van der Waals surface area (Å²) in [7, 11) is 0. The van der Waals surface area contributed by atoms with E-state index >= 15 is 0 Å². The molecule has 0 saturated carbocycles. The van der Waals surface area contributed by atoms with Crippen LogP contribution in [0.15, 0.2) is 60.0 Å². The van der Waals surface area contributed by atoms with Crippen molar-refractivity contribution in [2.45, 2.75) is 49.4 Å². The van der Waals surface area contributed by atoms with Gasteiger partial charge in [-0.15, -0.1) is 0 Å². The normalized spacial score (nSPS) is 21.9. The second-order valence-electron chi connectivity index (χ2n) is 6.75. The van der Waals surface area contributed by atoms with E-state index in [0.29, 0.717) is 0 Å². The molecule has 0 radical (unpaired) electrons. The zero-order valence-electron chi connectivity index (χ0n) is 15.2. The van der Waals surface area contributed by atoms with Gasteiger partial charge in [-0.25, -0.2) is 4.48 Å². The van der Waals surface area contributed by atoms with Crippen molar-refractivity contribution in [1.29, 1.82) is 0 Å². The van der Waals surface area contributed by atoms with Crippen molar-refractivity contribution in [1.82, 2.24) is 4.48 Å². The SMILES string of the molecule is C=Cc1cccc2c1[N+](CCCCCCC)(c1ccccc1)C(N)S2. The van der Waals surface area contributed by atoms with Crippen LogP contribution >= 0.6 is 11.8 Å². The summed E-state index contributed by atoms with van der Waals surface area (Å²) >= 11 is 1.79. The topological polar surface area (TPSA) is 26.0 Å². The van der Waals surface area contributed by atoms with Crippen LogP contribution in [0.4, 0.5) is 11.4 Å². The van der Waals surface area contributed by atoms with E-state index in [1.165, 1.54) is 53.9 Å². The lowest BCUT2D eigenvalue weighted by molar-refractivity contribution is 0.356. The van der Waals surface area contributed by atoms with Gasteiger partial charge in [0, 0.05) is 5.56 Å². The van der Waals surface area contributed by atoms with Gasteiger partial charge in [0.2, 0.25) is 5.50 Å². The molecule has 0 fully saturated rings. The minimum Gasteiger partial charge on any atom is -0.271 e. The first-order valence-corrected chi connectivity index (χ1v) is 10.2. The van der Waals surface area contributed by atoms with E-state index < -0.39 is 0 Å². The fourth-order valence-electron chi connectivity index (χ4n) is 3.88. The lowest BCUT2D eigenvalue weighted by Gasteiger charge is -2.38. The van der Waals surface area contributed by atoms with Crippen LogP contribution in [0.25, 0.3) is 6.08 Å². The molecule has 2 nitrogen and oxygen atoms in total. The summed E-state index contributed by atoms with van der Waals surface area (Å²) in [5.74, 6) is 0. The number of para-hydroxylation sites is 2. The number of unbranched alkanes of at least 4 members (excludes halogenated alkanes) is 4. The number of nitrogens with zero attached hydrogens (tertiary/aromatic N) is 1. The Balaban J connectivity index is 2.03. The molecule has 3 heteroatoms. The molecule has 1 aliphatic rings. The molecule has 3 rings (SSSR count). The van der Waals surface area contributed by atoms with Crippen LogP contribution in [0, 0.1) is 0 Å². The molecule has 2 N–H and O–H groups in total. The summed E-state index contributed by atoms with van der Waals surface area (Å²) < 4.78 is 0.731. The standard InChI is InChI=1S/C22H29N2S/c1-3-5-6-7-11-17-24(19-14-9-8-10-15-19)21-18(4-2)13-12-16-20(21)25-22(24)23/h4,8-10,12-16,22H,2-3,5-7,11,17,23H2,1H3/q+1. The average Bonchev–Trinajstić information content (AvgIpc) is 2.95. The van der Waals surface area contributed by atoms with Crippen molar-refractivity contribution in [3.8, 4) is 0 Å². The summed E-state index contributed by atoms with van der Waals surface area (Å²) in [4.78, 5) is 1.29. The Hall–Kier alpha value is -1.55. The predicted octanol–water partition coefficient (Wildman–Crippen LogP) is 6.29. The number of fused-ring (bicyclic) bond motifs is 1. The van der Waals surface area contributed by atoms with Crippen molar-refractivity contribution in [2.75, 3.05) is 6.54 Å². The minimum absolute atomic E-state index is 0.00956. The predicted molar refractivity (Wildman–Crippen MR) is 112 cm³/mol. The first-order valence-electron chi connectivity index (χ1n) is 9.35. The van der Waals surface area contributed by atoms with Crippen LogP contribution in [0.5, 0.6) is 0 Å². The van der Waals surface area contributed by atoms with Crippen molar-refractivity contribution < 1.29 is 0 Å². The first-order chi connectivity index (χ1) is 12.2. The van der Waals surface area contributed by atoms with Crippen LogP contribution < -0.4 is 10.2 Å². The fraction of sp³-hybridized carbons (Fsp3) is 0.364. The van der Waals surface area contributed by atoms with Crippen molar-refractivity contribution in [2.24, 2.45) is 5.73 Å². The molecule has 1 heterocycles. The fourth-order valence-corrected chi connectivity index (χ4v) is 5.20. The van der Waals surface area contributed by atoms with E-state index in [1.54, 1.807) is 11.8 Å². The summed E-state index contributed by atoms with van der Waals surface area (Å²) in [5, 5.41) is 0. The largest absolute Gasteiger partial charge is 0.271 e.